The maximum absolute atomic E-state index is 6.04. The Balaban J connectivity index is 1.74. The van der Waals surface area contributed by atoms with Crippen LogP contribution in [0.5, 0.6) is 11.5 Å². The number of nitrogens with two attached hydrogens (primary N) is 1. The lowest BCUT2D eigenvalue weighted by Crippen LogP contribution is -2.15. The first-order chi connectivity index (χ1) is 10.3. The van der Waals surface area contributed by atoms with Crippen molar-refractivity contribution in [3.05, 3.63) is 48.0 Å². The zero-order chi connectivity index (χ0) is 14.7. The van der Waals surface area contributed by atoms with E-state index in [1.54, 1.807) is 11.8 Å². The van der Waals surface area contributed by atoms with Crippen LogP contribution in [0.25, 0.3) is 0 Å². The van der Waals surface area contributed by atoms with E-state index >= 15 is 0 Å². The summed E-state index contributed by atoms with van der Waals surface area (Å²) in [4.78, 5) is 2.34. The second-order valence-corrected chi connectivity index (χ2v) is 6.14. The predicted molar refractivity (Wildman–Crippen MR) is 85.2 cm³/mol. The molecule has 110 valence electrons. The summed E-state index contributed by atoms with van der Waals surface area (Å²) in [6, 6.07) is 14.6. The maximum atomic E-state index is 6.04. The van der Waals surface area contributed by atoms with Crippen molar-refractivity contribution in [3.63, 3.8) is 0 Å². The zero-order valence-electron chi connectivity index (χ0n) is 12.0. The third-order valence-corrected chi connectivity index (χ3v) is 4.49. The number of hydrogen-bond donors (Lipinski definition) is 1. The van der Waals surface area contributed by atoms with Crippen molar-refractivity contribution in [1.29, 1.82) is 0 Å². The summed E-state index contributed by atoms with van der Waals surface area (Å²) < 4.78 is 11.1. The molecule has 2 aromatic carbocycles. The number of hydrogen-bond acceptors (Lipinski definition) is 4. The molecule has 0 saturated carbocycles. The molecule has 0 aromatic heterocycles. The molecule has 0 unspecified atom stereocenters. The van der Waals surface area contributed by atoms with Crippen LogP contribution in [0, 0.1) is 0 Å². The first-order valence-corrected chi connectivity index (χ1v) is 8.01. The van der Waals surface area contributed by atoms with Crippen molar-refractivity contribution >= 4 is 11.8 Å². The Morgan fingerprint density at radius 3 is 2.38 bits per heavy atom. The first kappa shape index (κ1) is 14.3. The minimum atomic E-state index is 0.123. The van der Waals surface area contributed by atoms with Crippen LogP contribution in [0.2, 0.25) is 0 Å². The molecule has 21 heavy (non-hydrogen) atoms. The van der Waals surface area contributed by atoms with Crippen LogP contribution in [0.4, 0.5) is 0 Å². The summed E-state index contributed by atoms with van der Waals surface area (Å²) in [5.41, 5.74) is 7.22. The molecule has 0 spiro atoms. The molecule has 1 aliphatic rings. The first-order valence-electron chi connectivity index (χ1n) is 7.19. The molecular weight excluding hydrogens is 282 g/mol. The van der Waals surface area contributed by atoms with E-state index in [9.17, 15) is 0 Å². The smallest absolute Gasteiger partial charge is 0.162 e. The van der Waals surface area contributed by atoms with E-state index in [1.807, 2.05) is 12.1 Å². The Hall–Kier alpha value is -1.65. The van der Waals surface area contributed by atoms with Gasteiger partial charge in [-0.15, -0.1) is 0 Å². The molecule has 1 atom stereocenters. The topological polar surface area (TPSA) is 44.5 Å². The van der Waals surface area contributed by atoms with Gasteiger partial charge >= 0.3 is 0 Å². The Labute approximate surface area is 129 Å². The van der Waals surface area contributed by atoms with Crippen molar-refractivity contribution in [2.45, 2.75) is 29.2 Å². The molecule has 0 radical (unpaired) electrons. The van der Waals surface area contributed by atoms with E-state index < -0.39 is 0 Å². The zero-order valence-corrected chi connectivity index (χ0v) is 12.9. The monoisotopic (exact) mass is 301 g/mol. The van der Waals surface area contributed by atoms with Crippen LogP contribution in [0.3, 0.4) is 0 Å². The van der Waals surface area contributed by atoms with E-state index in [-0.39, 0.29) is 6.04 Å². The third-order valence-electron chi connectivity index (χ3n) is 3.50. The normalized spacial score (nSPS) is 14.8. The van der Waals surface area contributed by atoms with Crippen LogP contribution < -0.4 is 15.2 Å². The van der Waals surface area contributed by atoms with Crippen LogP contribution in [0.15, 0.2) is 52.3 Å². The highest BCUT2D eigenvalue weighted by Crippen LogP contribution is 2.37. The molecule has 4 heteroatoms. The second-order valence-electron chi connectivity index (χ2n) is 4.99. The fraction of sp³-hybridized carbons (Fsp3) is 0.294. The van der Waals surface area contributed by atoms with Gasteiger partial charge in [0, 0.05) is 15.8 Å². The van der Waals surface area contributed by atoms with E-state index in [1.165, 1.54) is 10.5 Å². The van der Waals surface area contributed by atoms with Gasteiger partial charge in [-0.2, -0.15) is 0 Å². The predicted octanol–water partition coefficient (Wildman–Crippen LogP) is 4.02. The summed E-state index contributed by atoms with van der Waals surface area (Å²) >= 11 is 1.71. The van der Waals surface area contributed by atoms with E-state index in [0.717, 1.165) is 22.8 Å². The van der Waals surface area contributed by atoms with Crippen molar-refractivity contribution in [2.75, 3.05) is 13.2 Å². The maximum Gasteiger partial charge on any atom is 0.162 e. The Kier molecular flexibility index (Phi) is 4.36. The summed E-state index contributed by atoms with van der Waals surface area (Å²) in [5, 5.41) is 0. The minimum Gasteiger partial charge on any atom is -0.486 e. The van der Waals surface area contributed by atoms with Gasteiger partial charge in [-0.3, -0.25) is 0 Å². The highest BCUT2D eigenvalue weighted by Gasteiger charge is 2.12. The standard InChI is InChI=1S/C17H19NO2S/c1-2-15(18)12-3-5-13(6-4-12)21-14-7-8-16-17(11-14)20-10-9-19-16/h3-8,11,15H,2,9-10,18H2,1H3/t15-/m1/s1. The number of rotatable bonds is 4. The summed E-state index contributed by atoms with van der Waals surface area (Å²) in [7, 11) is 0. The van der Waals surface area contributed by atoms with Gasteiger partial charge in [0.1, 0.15) is 13.2 Å². The minimum absolute atomic E-state index is 0.123. The van der Waals surface area contributed by atoms with Crippen LogP contribution in [-0.2, 0) is 0 Å². The van der Waals surface area contributed by atoms with Gasteiger partial charge in [0.05, 0.1) is 0 Å². The SMILES string of the molecule is CC[C@@H](N)c1ccc(Sc2ccc3c(c2)OCCO3)cc1. The van der Waals surface area contributed by atoms with Crippen molar-refractivity contribution in [3.8, 4) is 11.5 Å². The van der Waals surface area contributed by atoms with Crippen LogP contribution >= 0.6 is 11.8 Å². The van der Waals surface area contributed by atoms with Gasteiger partial charge in [0.2, 0.25) is 0 Å². The molecule has 3 nitrogen and oxygen atoms in total. The molecule has 1 heterocycles. The molecule has 0 fully saturated rings. The van der Waals surface area contributed by atoms with Crippen molar-refractivity contribution in [2.24, 2.45) is 5.73 Å². The molecule has 0 bridgehead atoms. The quantitative estimate of drug-likeness (QED) is 0.926. The lowest BCUT2D eigenvalue weighted by atomic mass is 10.1. The van der Waals surface area contributed by atoms with Gasteiger partial charge < -0.3 is 15.2 Å². The molecule has 0 saturated heterocycles. The second kappa shape index (κ2) is 6.41. The van der Waals surface area contributed by atoms with Crippen LogP contribution in [-0.4, -0.2) is 13.2 Å². The molecule has 0 aliphatic carbocycles. The van der Waals surface area contributed by atoms with Gasteiger partial charge in [0.15, 0.2) is 11.5 Å². The molecular formula is C17H19NO2S. The average molecular weight is 301 g/mol. The average Bonchev–Trinajstić information content (AvgIpc) is 2.55. The lowest BCUT2D eigenvalue weighted by Gasteiger charge is -2.18. The molecule has 0 amide bonds. The Morgan fingerprint density at radius 2 is 1.67 bits per heavy atom. The highest BCUT2D eigenvalue weighted by molar-refractivity contribution is 7.99. The van der Waals surface area contributed by atoms with E-state index in [0.29, 0.717) is 13.2 Å². The fourth-order valence-corrected chi connectivity index (χ4v) is 3.09. The number of benzene rings is 2. The largest absolute Gasteiger partial charge is 0.486 e. The van der Waals surface area contributed by atoms with E-state index in [2.05, 4.69) is 37.3 Å². The summed E-state index contributed by atoms with van der Waals surface area (Å²) in [5.74, 6) is 1.66. The Morgan fingerprint density at radius 1 is 1.00 bits per heavy atom. The van der Waals surface area contributed by atoms with Gasteiger partial charge in [-0.25, -0.2) is 0 Å². The van der Waals surface area contributed by atoms with Crippen molar-refractivity contribution in [1.82, 2.24) is 0 Å². The summed E-state index contributed by atoms with van der Waals surface area (Å²) in [6.07, 6.45) is 0.953. The van der Waals surface area contributed by atoms with Crippen LogP contribution in [0.1, 0.15) is 24.9 Å². The van der Waals surface area contributed by atoms with Crippen molar-refractivity contribution < 1.29 is 9.47 Å². The number of ether oxygens (including phenoxy) is 2. The lowest BCUT2D eigenvalue weighted by molar-refractivity contribution is 0.171. The van der Waals surface area contributed by atoms with Gasteiger partial charge in [0.25, 0.3) is 0 Å². The molecule has 1 aliphatic heterocycles. The number of fused-ring (bicyclic) bond motifs is 1. The molecule has 2 N–H and O–H groups in total. The Bertz CT molecular complexity index is 613. The fourth-order valence-electron chi connectivity index (χ4n) is 2.24. The highest BCUT2D eigenvalue weighted by atomic mass is 32.2. The van der Waals surface area contributed by atoms with E-state index in [4.69, 9.17) is 15.2 Å². The molecule has 2 aromatic rings. The van der Waals surface area contributed by atoms with Gasteiger partial charge in [-0.1, -0.05) is 30.8 Å². The summed E-state index contributed by atoms with van der Waals surface area (Å²) in [6.45, 7) is 3.34. The molecule has 3 rings (SSSR count). The third kappa shape index (κ3) is 3.34. The van der Waals surface area contributed by atoms with Gasteiger partial charge in [-0.05, 0) is 42.3 Å².